The van der Waals surface area contributed by atoms with Gasteiger partial charge in [0.1, 0.15) is 5.75 Å². The van der Waals surface area contributed by atoms with Crippen molar-refractivity contribution in [2.45, 2.75) is 44.9 Å². The highest BCUT2D eigenvalue weighted by Gasteiger charge is 2.21. The van der Waals surface area contributed by atoms with Gasteiger partial charge in [0.15, 0.2) is 5.82 Å². The Hall–Kier alpha value is -1.84. The van der Waals surface area contributed by atoms with E-state index in [-0.39, 0.29) is 5.75 Å². The van der Waals surface area contributed by atoms with E-state index in [1.807, 2.05) is 19.1 Å². The van der Waals surface area contributed by atoms with Crippen molar-refractivity contribution in [1.82, 2.24) is 10.1 Å². The minimum atomic E-state index is 0.259. The summed E-state index contributed by atoms with van der Waals surface area (Å²) in [5.41, 5.74) is 1.62. The van der Waals surface area contributed by atoms with Crippen molar-refractivity contribution in [3.63, 3.8) is 0 Å². The zero-order valence-electron chi connectivity index (χ0n) is 11.1. The average molecular weight is 258 g/mol. The summed E-state index contributed by atoms with van der Waals surface area (Å²) in [5, 5.41) is 13.8. The molecule has 0 radical (unpaired) electrons. The summed E-state index contributed by atoms with van der Waals surface area (Å²) in [6.45, 7) is 1.86. The molecule has 0 amide bonds. The molecule has 1 aromatic carbocycles. The molecule has 0 unspecified atom stereocenters. The van der Waals surface area contributed by atoms with Crippen molar-refractivity contribution >= 4 is 0 Å². The number of aromatic hydroxyl groups is 1. The maximum Gasteiger partial charge on any atom is 0.258 e. The minimum Gasteiger partial charge on any atom is -0.508 e. The van der Waals surface area contributed by atoms with Crippen molar-refractivity contribution in [2.75, 3.05) is 0 Å². The van der Waals surface area contributed by atoms with Crippen LogP contribution in [0.1, 0.15) is 49.4 Å². The van der Waals surface area contributed by atoms with Crippen LogP contribution in [-0.2, 0) is 0 Å². The molecule has 0 spiro atoms. The van der Waals surface area contributed by atoms with E-state index < -0.39 is 0 Å². The first-order chi connectivity index (χ1) is 9.24. The topological polar surface area (TPSA) is 59.2 Å². The largest absolute Gasteiger partial charge is 0.508 e. The molecule has 1 aliphatic carbocycles. The smallest absolute Gasteiger partial charge is 0.258 e. The van der Waals surface area contributed by atoms with E-state index in [1.54, 1.807) is 6.07 Å². The standard InChI is InChI=1S/C15H18N2O2/c1-10-7-8-12(9-13(10)18)15-16-14(17-19-15)11-5-3-2-4-6-11/h7-9,11,18H,2-6H2,1H3. The van der Waals surface area contributed by atoms with Crippen LogP contribution in [0.4, 0.5) is 0 Å². The molecule has 1 aliphatic rings. The van der Waals surface area contributed by atoms with Crippen LogP contribution in [0.5, 0.6) is 5.75 Å². The van der Waals surface area contributed by atoms with Gasteiger partial charge in [-0.25, -0.2) is 0 Å². The first-order valence-electron chi connectivity index (χ1n) is 6.87. The fourth-order valence-corrected chi connectivity index (χ4v) is 2.62. The van der Waals surface area contributed by atoms with Crippen LogP contribution >= 0.6 is 0 Å². The number of hydrogen-bond donors (Lipinski definition) is 1. The fourth-order valence-electron chi connectivity index (χ4n) is 2.62. The van der Waals surface area contributed by atoms with Gasteiger partial charge in [-0.15, -0.1) is 0 Å². The minimum absolute atomic E-state index is 0.259. The van der Waals surface area contributed by atoms with Gasteiger partial charge in [-0.3, -0.25) is 0 Å². The van der Waals surface area contributed by atoms with Crippen LogP contribution in [0.2, 0.25) is 0 Å². The summed E-state index contributed by atoms with van der Waals surface area (Å²) in [6.07, 6.45) is 6.11. The molecule has 1 saturated carbocycles. The molecule has 1 heterocycles. The Morgan fingerprint density at radius 1 is 1.21 bits per heavy atom. The summed E-state index contributed by atoms with van der Waals surface area (Å²) in [4.78, 5) is 4.49. The second-order valence-electron chi connectivity index (χ2n) is 5.29. The van der Waals surface area contributed by atoms with E-state index in [4.69, 9.17) is 4.52 Å². The van der Waals surface area contributed by atoms with Crippen molar-refractivity contribution in [3.8, 4) is 17.2 Å². The highest BCUT2D eigenvalue weighted by Crippen LogP contribution is 2.32. The van der Waals surface area contributed by atoms with Crippen LogP contribution in [0, 0.1) is 6.92 Å². The molecular formula is C15H18N2O2. The number of phenols is 1. The lowest BCUT2D eigenvalue weighted by Crippen LogP contribution is -2.06. The van der Waals surface area contributed by atoms with Crippen LogP contribution in [-0.4, -0.2) is 15.2 Å². The van der Waals surface area contributed by atoms with Crippen LogP contribution in [0.25, 0.3) is 11.5 Å². The number of hydrogen-bond acceptors (Lipinski definition) is 4. The molecule has 4 heteroatoms. The van der Waals surface area contributed by atoms with Gasteiger partial charge in [0.25, 0.3) is 5.89 Å². The molecular weight excluding hydrogens is 240 g/mol. The van der Waals surface area contributed by atoms with E-state index in [0.29, 0.717) is 11.8 Å². The van der Waals surface area contributed by atoms with E-state index >= 15 is 0 Å². The zero-order valence-corrected chi connectivity index (χ0v) is 11.1. The monoisotopic (exact) mass is 258 g/mol. The van der Waals surface area contributed by atoms with Gasteiger partial charge in [0.05, 0.1) is 0 Å². The molecule has 0 aliphatic heterocycles. The van der Waals surface area contributed by atoms with Crippen molar-refractivity contribution in [3.05, 3.63) is 29.6 Å². The summed E-state index contributed by atoms with van der Waals surface area (Å²) in [5.74, 6) is 2.01. The van der Waals surface area contributed by atoms with Gasteiger partial charge < -0.3 is 9.63 Å². The molecule has 1 N–H and O–H groups in total. The average Bonchev–Trinajstić information content (AvgIpc) is 2.93. The van der Waals surface area contributed by atoms with Gasteiger partial charge in [0, 0.05) is 11.5 Å². The summed E-state index contributed by atoms with van der Waals surface area (Å²) >= 11 is 0. The fraction of sp³-hybridized carbons (Fsp3) is 0.467. The lowest BCUT2D eigenvalue weighted by atomic mass is 9.89. The lowest BCUT2D eigenvalue weighted by molar-refractivity contribution is 0.385. The number of nitrogens with zero attached hydrogens (tertiary/aromatic N) is 2. The van der Waals surface area contributed by atoms with Crippen molar-refractivity contribution < 1.29 is 9.63 Å². The van der Waals surface area contributed by atoms with Crippen molar-refractivity contribution in [2.24, 2.45) is 0 Å². The maximum atomic E-state index is 9.73. The summed E-state index contributed by atoms with van der Waals surface area (Å²) in [7, 11) is 0. The number of phenolic OH excluding ortho intramolecular Hbond substituents is 1. The molecule has 1 aromatic heterocycles. The zero-order chi connectivity index (χ0) is 13.2. The molecule has 2 aromatic rings. The van der Waals surface area contributed by atoms with Gasteiger partial charge >= 0.3 is 0 Å². The van der Waals surface area contributed by atoms with E-state index in [0.717, 1.165) is 29.8 Å². The number of aromatic nitrogens is 2. The highest BCUT2D eigenvalue weighted by molar-refractivity contribution is 5.57. The summed E-state index contributed by atoms with van der Waals surface area (Å²) < 4.78 is 5.33. The Morgan fingerprint density at radius 3 is 2.74 bits per heavy atom. The number of benzene rings is 1. The summed E-state index contributed by atoms with van der Waals surface area (Å²) in [6, 6.07) is 5.43. The SMILES string of the molecule is Cc1ccc(-c2nc(C3CCCCC3)no2)cc1O. The molecule has 1 fully saturated rings. The van der Waals surface area contributed by atoms with Crippen LogP contribution < -0.4 is 0 Å². The first kappa shape index (κ1) is 12.2. The molecule has 0 saturated heterocycles. The van der Waals surface area contributed by atoms with Gasteiger partial charge in [-0.2, -0.15) is 4.98 Å². The van der Waals surface area contributed by atoms with Gasteiger partial charge in [-0.05, 0) is 37.5 Å². The highest BCUT2D eigenvalue weighted by atomic mass is 16.5. The number of rotatable bonds is 2. The van der Waals surface area contributed by atoms with E-state index in [1.165, 1.54) is 19.3 Å². The molecule has 3 rings (SSSR count). The Kier molecular flexibility index (Phi) is 3.23. The Bertz CT molecular complexity index is 571. The quantitative estimate of drug-likeness (QED) is 0.890. The Morgan fingerprint density at radius 2 is 2.00 bits per heavy atom. The van der Waals surface area contributed by atoms with Gasteiger partial charge in [-0.1, -0.05) is 30.5 Å². The second kappa shape index (κ2) is 5.03. The Balaban J connectivity index is 1.85. The molecule has 100 valence electrons. The van der Waals surface area contributed by atoms with Gasteiger partial charge in [0.2, 0.25) is 0 Å². The molecule has 19 heavy (non-hydrogen) atoms. The molecule has 0 atom stereocenters. The predicted octanol–water partition coefficient (Wildman–Crippen LogP) is 3.80. The van der Waals surface area contributed by atoms with Crippen LogP contribution in [0.15, 0.2) is 22.7 Å². The maximum absolute atomic E-state index is 9.73. The van der Waals surface area contributed by atoms with Crippen molar-refractivity contribution in [1.29, 1.82) is 0 Å². The predicted molar refractivity (Wildman–Crippen MR) is 72.0 cm³/mol. The third kappa shape index (κ3) is 2.48. The van der Waals surface area contributed by atoms with E-state index in [2.05, 4.69) is 10.1 Å². The van der Waals surface area contributed by atoms with E-state index in [9.17, 15) is 5.11 Å². The molecule has 0 bridgehead atoms. The third-order valence-corrected chi connectivity index (χ3v) is 3.87. The lowest BCUT2D eigenvalue weighted by Gasteiger charge is -2.17. The van der Waals surface area contributed by atoms with Crippen LogP contribution in [0.3, 0.4) is 0 Å². The normalized spacial score (nSPS) is 16.7. The first-order valence-corrected chi connectivity index (χ1v) is 6.87. The molecule has 4 nitrogen and oxygen atoms in total. The number of aryl methyl sites for hydroxylation is 1. The second-order valence-corrected chi connectivity index (χ2v) is 5.29. The third-order valence-electron chi connectivity index (χ3n) is 3.87. The Labute approximate surface area is 112 Å².